The molecule has 0 aliphatic carbocycles. The number of halogens is 1. The van der Waals surface area contributed by atoms with Crippen LogP contribution in [0.15, 0.2) is 36.5 Å². The molecule has 0 amide bonds. The summed E-state index contributed by atoms with van der Waals surface area (Å²) in [7, 11) is 1.68. The molecule has 0 bridgehead atoms. The Balaban J connectivity index is 2.23. The minimum Gasteiger partial charge on any atom is -0.497 e. The van der Waals surface area contributed by atoms with E-state index < -0.39 is 0 Å². The summed E-state index contributed by atoms with van der Waals surface area (Å²) in [6.07, 6.45) is 2.77. The van der Waals surface area contributed by atoms with Crippen LogP contribution in [0.25, 0.3) is 32.6 Å². The lowest BCUT2D eigenvalue weighted by atomic mass is 10.0. The SMILES string of the molecule is CCc1cnc(Cl)c2c1[nH]c1ccc3cc(OC)ccc3c12. The molecular weight excluding hydrogens is 296 g/mol. The zero-order valence-corrected chi connectivity index (χ0v) is 13.2. The maximum absolute atomic E-state index is 6.41. The van der Waals surface area contributed by atoms with E-state index in [0.717, 1.165) is 44.7 Å². The van der Waals surface area contributed by atoms with Crippen molar-refractivity contribution in [2.45, 2.75) is 13.3 Å². The highest BCUT2D eigenvalue weighted by molar-refractivity contribution is 6.38. The van der Waals surface area contributed by atoms with Gasteiger partial charge in [0.1, 0.15) is 10.9 Å². The van der Waals surface area contributed by atoms with Crippen LogP contribution in [0, 0.1) is 0 Å². The molecule has 110 valence electrons. The Labute approximate surface area is 132 Å². The van der Waals surface area contributed by atoms with Crippen LogP contribution in [0.5, 0.6) is 5.75 Å². The average Bonchev–Trinajstić information content (AvgIpc) is 2.95. The molecule has 4 heteroatoms. The number of aryl methyl sites for hydroxylation is 1. The first-order chi connectivity index (χ1) is 10.7. The summed E-state index contributed by atoms with van der Waals surface area (Å²) in [5.41, 5.74) is 3.34. The number of ether oxygens (including phenoxy) is 1. The average molecular weight is 311 g/mol. The van der Waals surface area contributed by atoms with Gasteiger partial charge in [0.25, 0.3) is 0 Å². The summed E-state index contributed by atoms with van der Waals surface area (Å²) in [5, 5.41) is 4.96. The molecule has 2 heterocycles. The maximum atomic E-state index is 6.41. The molecule has 0 spiro atoms. The number of rotatable bonds is 2. The van der Waals surface area contributed by atoms with Gasteiger partial charge >= 0.3 is 0 Å². The number of nitrogens with zero attached hydrogens (tertiary/aromatic N) is 1. The van der Waals surface area contributed by atoms with Crippen LogP contribution < -0.4 is 4.74 Å². The molecule has 22 heavy (non-hydrogen) atoms. The van der Waals surface area contributed by atoms with Gasteiger partial charge in [-0.1, -0.05) is 24.6 Å². The van der Waals surface area contributed by atoms with E-state index in [1.54, 1.807) is 7.11 Å². The summed E-state index contributed by atoms with van der Waals surface area (Å²) in [5.74, 6) is 0.852. The second-order valence-electron chi connectivity index (χ2n) is 5.38. The van der Waals surface area contributed by atoms with Crippen LogP contribution in [-0.4, -0.2) is 17.1 Å². The fourth-order valence-corrected chi connectivity index (χ4v) is 3.35. The Kier molecular flexibility index (Phi) is 2.98. The molecule has 0 unspecified atom stereocenters. The zero-order chi connectivity index (χ0) is 15.3. The van der Waals surface area contributed by atoms with Gasteiger partial charge in [0, 0.05) is 22.5 Å². The van der Waals surface area contributed by atoms with Crippen molar-refractivity contribution < 1.29 is 4.74 Å². The van der Waals surface area contributed by atoms with Gasteiger partial charge in [0.2, 0.25) is 0 Å². The van der Waals surface area contributed by atoms with Crippen LogP contribution in [0.2, 0.25) is 5.15 Å². The van der Waals surface area contributed by atoms with Crippen molar-refractivity contribution in [3.8, 4) is 5.75 Å². The zero-order valence-electron chi connectivity index (χ0n) is 12.4. The van der Waals surface area contributed by atoms with E-state index in [0.29, 0.717) is 5.15 Å². The fourth-order valence-electron chi connectivity index (χ4n) is 3.11. The van der Waals surface area contributed by atoms with Gasteiger partial charge in [0.15, 0.2) is 0 Å². The Morgan fingerprint density at radius 2 is 2.05 bits per heavy atom. The number of pyridine rings is 1. The molecule has 0 saturated heterocycles. The molecular formula is C18H15ClN2O. The number of fused-ring (bicyclic) bond motifs is 5. The summed E-state index contributed by atoms with van der Waals surface area (Å²) in [6.45, 7) is 2.12. The second-order valence-corrected chi connectivity index (χ2v) is 5.74. The molecule has 0 saturated carbocycles. The number of benzene rings is 2. The van der Waals surface area contributed by atoms with Crippen molar-refractivity contribution in [2.75, 3.05) is 7.11 Å². The molecule has 2 aromatic carbocycles. The third-order valence-electron chi connectivity index (χ3n) is 4.23. The monoisotopic (exact) mass is 310 g/mol. The first kappa shape index (κ1) is 13.4. The third kappa shape index (κ3) is 1.79. The topological polar surface area (TPSA) is 37.9 Å². The Morgan fingerprint density at radius 1 is 1.18 bits per heavy atom. The lowest BCUT2D eigenvalue weighted by molar-refractivity contribution is 0.415. The Hall–Kier alpha value is -2.26. The number of methoxy groups -OCH3 is 1. The maximum Gasteiger partial charge on any atom is 0.139 e. The van der Waals surface area contributed by atoms with Crippen LogP contribution in [0.1, 0.15) is 12.5 Å². The molecule has 0 aliphatic heterocycles. The third-order valence-corrected chi connectivity index (χ3v) is 4.52. The van der Waals surface area contributed by atoms with Gasteiger partial charge in [-0.15, -0.1) is 0 Å². The van der Waals surface area contributed by atoms with Crippen molar-refractivity contribution in [1.82, 2.24) is 9.97 Å². The molecule has 4 rings (SSSR count). The largest absolute Gasteiger partial charge is 0.497 e. The van der Waals surface area contributed by atoms with E-state index in [1.165, 1.54) is 5.56 Å². The molecule has 0 aliphatic rings. The number of aromatic amines is 1. The molecule has 4 aromatic rings. The number of nitrogens with one attached hydrogen (secondary N) is 1. The molecule has 0 radical (unpaired) electrons. The van der Waals surface area contributed by atoms with E-state index in [-0.39, 0.29) is 0 Å². The number of hydrogen-bond donors (Lipinski definition) is 1. The Bertz CT molecular complexity index is 1020. The van der Waals surface area contributed by atoms with E-state index in [9.17, 15) is 0 Å². The first-order valence-electron chi connectivity index (χ1n) is 7.28. The molecule has 0 atom stereocenters. The highest BCUT2D eigenvalue weighted by Crippen LogP contribution is 2.37. The standard InChI is InChI=1S/C18H15ClN2O/c1-3-10-9-20-18(19)16-15-13-6-5-12(22-2)8-11(13)4-7-14(15)21-17(10)16/h4-9,21H,3H2,1-2H3. The van der Waals surface area contributed by atoms with Gasteiger partial charge in [-0.3, -0.25) is 0 Å². The van der Waals surface area contributed by atoms with E-state index >= 15 is 0 Å². The quantitative estimate of drug-likeness (QED) is 0.523. The summed E-state index contributed by atoms with van der Waals surface area (Å²) >= 11 is 6.41. The summed E-state index contributed by atoms with van der Waals surface area (Å²) in [4.78, 5) is 7.87. The van der Waals surface area contributed by atoms with Crippen LogP contribution in [0.3, 0.4) is 0 Å². The van der Waals surface area contributed by atoms with Gasteiger partial charge in [-0.25, -0.2) is 4.98 Å². The van der Waals surface area contributed by atoms with Crippen LogP contribution in [-0.2, 0) is 6.42 Å². The van der Waals surface area contributed by atoms with Crippen molar-refractivity contribution in [2.24, 2.45) is 0 Å². The van der Waals surface area contributed by atoms with Gasteiger partial charge < -0.3 is 9.72 Å². The van der Waals surface area contributed by atoms with Crippen molar-refractivity contribution in [1.29, 1.82) is 0 Å². The van der Waals surface area contributed by atoms with Crippen LogP contribution >= 0.6 is 11.6 Å². The molecule has 0 fully saturated rings. The predicted molar refractivity (Wildman–Crippen MR) is 92.0 cm³/mol. The molecule has 2 aromatic heterocycles. The second kappa shape index (κ2) is 4.89. The van der Waals surface area contributed by atoms with E-state index in [1.807, 2.05) is 18.3 Å². The predicted octanol–water partition coefficient (Wildman–Crippen LogP) is 5.09. The summed E-state index contributed by atoms with van der Waals surface area (Å²) in [6, 6.07) is 10.3. The lowest BCUT2D eigenvalue weighted by Crippen LogP contribution is -1.86. The molecule has 1 N–H and O–H groups in total. The molecule has 3 nitrogen and oxygen atoms in total. The van der Waals surface area contributed by atoms with Gasteiger partial charge in [0.05, 0.1) is 12.6 Å². The van der Waals surface area contributed by atoms with Crippen molar-refractivity contribution >= 4 is 44.2 Å². The van der Waals surface area contributed by atoms with E-state index in [2.05, 4.69) is 35.1 Å². The minimum atomic E-state index is 0.543. The number of H-pyrrole nitrogens is 1. The number of hydrogen-bond acceptors (Lipinski definition) is 2. The fraction of sp³-hybridized carbons (Fsp3) is 0.167. The minimum absolute atomic E-state index is 0.543. The van der Waals surface area contributed by atoms with E-state index in [4.69, 9.17) is 16.3 Å². The normalized spacial score (nSPS) is 11.6. The highest BCUT2D eigenvalue weighted by atomic mass is 35.5. The van der Waals surface area contributed by atoms with Crippen molar-refractivity contribution in [3.05, 3.63) is 47.2 Å². The number of aromatic nitrogens is 2. The van der Waals surface area contributed by atoms with Gasteiger partial charge in [-0.2, -0.15) is 0 Å². The highest BCUT2D eigenvalue weighted by Gasteiger charge is 2.14. The lowest BCUT2D eigenvalue weighted by Gasteiger charge is -2.05. The summed E-state index contributed by atoms with van der Waals surface area (Å²) < 4.78 is 5.32. The smallest absolute Gasteiger partial charge is 0.139 e. The first-order valence-corrected chi connectivity index (χ1v) is 7.66. The van der Waals surface area contributed by atoms with Crippen LogP contribution in [0.4, 0.5) is 0 Å². The van der Waals surface area contributed by atoms with Gasteiger partial charge in [-0.05, 0) is 47.0 Å². The Morgan fingerprint density at radius 3 is 2.82 bits per heavy atom. The van der Waals surface area contributed by atoms with Crippen molar-refractivity contribution in [3.63, 3.8) is 0 Å².